The molecule has 0 saturated heterocycles. The Hall–Kier alpha value is -7.39. The molecule has 8 heteroatoms. The molecule has 0 saturated carbocycles. The zero-order valence-corrected chi connectivity index (χ0v) is 32.7. The maximum Gasteiger partial charge on any atom is 0.238 e. The molecule has 0 aliphatic rings. The summed E-state index contributed by atoms with van der Waals surface area (Å²) in [7, 11) is 0. The largest absolute Gasteiger partial charge is 0.456 e. The van der Waals surface area contributed by atoms with Gasteiger partial charge in [0.25, 0.3) is 0 Å². The number of hydrogen-bond acceptors (Lipinski definition) is 8. The first-order valence-electron chi connectivity index (χ1n) is 19.4. The Kier molecular flexibility index (Phi) is 6.95. The number of benzene rings is 8. The number of fused-ring (bicyclic) bond motifs is 12. The van der Waals surface area contributed by atoms with E-state index in [1.807, 2.05) is 48.5 Å². The van der Waals surface area contributed by atoms with Crippen LogP contribution in [0.25, 0.3) is 107 Å². The van der Waals surface area contributed by atoms with Crippen LogP contribution in [0.5, 0.6) is 0 Å². The standard InChI is InChI=1S/C51H28N4O2S2/c1-5-18-40-31(11-1)37-27-29(24-26-42(37)56-40)49-52-50(30-23-25-34-32-12-3-7-21-44(32)58-46(34)28-30)54-51(53-49)55(38-16-10-20-43-47(38)36-14-2-6-19-41(36)57-43)39-17-9-15-35-33-13-4-8-22-45(33)59-48(35)39/h1-28H. The van der Waals surface area contributed by atoms with Crippen molar-refractivity contribution >= 4 is 124 Å². The number of anilines is 3. The summed E-state index contributed by atoms with van der Waals surface area (Å²) in [5.74, 6) is 1.65. The van der Waals surface area contributed by atoms with Gasteiger partial charge in [-0.1, -0.05) is 103 Å². The van der Waals surface area contributed by atoms with Gasteiger partial charge in [0, 0.05) is 62.9 Å². The van der Waals surface area contributed by atoms with E-state index in [0.717, 1.165) is 71.1 Å². The maximum atomic E-state index is 6.49. The van der Waals surface area contributed by atoms with E-state index in [1.54, 1.807) is 22.7 Å². The highest BCUT2D eigenvalue weighted by Crippen LogP contribution is 2.48. The van der Waals surface area contributed by atoms with Crippen LogP contribution in [-0.2, 0) is 0 Å². The molecule has 5 heterocycles. The molecule has 0 aliphatic heterocycles. The lowest BCUT2D eigenvalue weighted by Gasteiger charge is -2.25. The zero-order chi connectivity index (χ0) is 38.6. The van der Waals surface area contributed by atoms with E-state index < -0.39 is 0 Å². The third kappa shape index (κ3) is 5.00. The molecule has 0 fully saturated rings. The molecule has 0 aliphatic carbocycles. The number of hydrogen-bond donors (Lipinski definition) is 0. The first kappa shape index (κ1) is 32.7. The number of aromatic nitrogens is 3. The summed E-state index contributed by atoms with van der Waals surface area (Å²) in [6.07, 6.45) is 0. The fourth-order valence-corrected chi connectivity index (χ4v) is 11.0. The Balaban J connectivity index is 1.12. The van der Waals surface area contributed by atoms with Crippen molar-refractivity contribution in [3.63, 3.8) is 0 Å². The summed E-state index contributed by atoms with van der Waals surface area (Å²) in [5, 5.41) is 8.93. The number of thiophene rings is 2. The highest BCUT2D eigenvalue weighted by molar-refractivity contribution is 7.26. The summed E-state index contributed by atoms with van der Waals surface area (Å²) in [6.45, 7) is 0. The van der Waals surface area contributed by atoms with Crippen molar-refractivity contribution in [2.24, 2.45) is 0 Å². The molecule has 5 aromatic heterocycles. The molecule has 13 rings (SSSR count). The highest BCUT2D eigenvalue weighted by Gasteiger charge is 2.26. The summed E-state index contributed by atoms with van der Waals surface area (Å²) >= 11 is 3.56. The van der Waals surface area contributed by atoms with Crippen LogP contribution >= 0.6 is 22.7 Å². The van der Waals surface area contributed by atoms with Gasteiger partial charge in [-0.15, -0.1) is 22.7 Å². The van der Waals surface area contributed by atoms with E-state index >= 15 is 0 Å². The molecule has 59 heavy (non-hydrogen) atoms. The van der Waals surface area contributed by atoms with Crippen LogP contribution in [0.1, 0.15) is 0 Å². The van der Waals surface area contributed by atoms with Gasteiger partial charge < -0.3 is 8.83 Å². The molecule has 0 radical (unpaired) electrons. The van der Waals surface area contributed by atoms with Crippen molar-refractivity contribution in [3.8, 4) is 22.8 Å². The Morgan fingerprint density at radius 3 is 1.76 bits per heavy atom. The van der Waals surface area contributed by atoms with Gasteiger partial charge in [-0.25, -0.2) is 4.98 Å². The Morgan fingerprint density at radius 1 is 0.373 bits per heavy atom. The number of rotatable bonds is 5. The second-order valence-electron chi connectivity index (χ2n) is 14.7. The fraction of sp³-hybridized carbons (Fsp3) is 0. The molecular formula is C51H28N4O2S2. The molecule has 6 nitrogen and oxygen atoms in total. The van der Waals surface area contributed by atoms with E-state index in [9.17, 15) is 0 Å². The van der Waals surface area contributed by atoms with Crippen molar-refractivity contribution in [2.75, 3.05) is 4.90 Å². The molecule has 0 unspecified atom stereocenters. The van der Waals surface area contributed by atoms with Gasteiger partial charge in [0.2, 0.25) is 5.95 Å². The molecule has 0 atom stereocenters. The van der Waals surface area contributed by atoms with Crippen molar-refractivity contribution in [1.29, 1.82) is 0 Å². The van der Waals surface area contributed by atoms with Crippen LogP contribution in [0.15, 0.2) is 179 Å². The zero-order valence-electron chi connectivity index (χ0n) is 31.1. The summed E-state index contributed by atoms with van der Waals surface area (Å²) in [4.78, 5) is 18.4. The Bertz CT molecular complexity index is 3840. The Labute approximate surface area is 343 Å². The van der Waals surface area contributed by atoms with Gasteiger partial charge in [-0.05, 0) is 66.7 Å². The van der Waals surface area contributed by atoms with Crippen LogP contribution in [0.2, 0.25) is 0 Å². The quantitative estimate of drug-likeness (QED) is 0.173. The van der Waals surface area contributed by atoms with Gasteiger partial charge >= 0.3 is 0 Å². The van der Waals surface area contributed by atoms with Crippen LogP contribution < -0.4 is 4.90 Å². The minimum Gasteiger partial charge on any atom is -0.456 e. The van der Waals surface area contributed by atoms with E-state index in [0.29, 0.717) is 17.6 Å². The van der Waals surface area contributed by atoms with Gasteiger partial charge in [-0.3, -0.25) is 4.90 Å². The molecule has 0 N–H and O–H groups in total. The van der Waals surface area contributed by atoms with Crippen LogP contribution in [0.3, 0.4) is 0 Å². The van der Waals surface area contributed by atoms with E-state index in [4.69, 9.17) is 23.8 Å². The minimum atomic E-state index is 0.501. The lowest BCUT2D eigenvalue weighted by molar-refractivity contribution is 0.668. The predicted molar refractivity (Wildman–Crippen MR) is 246 cm³/mol. The minimum absolute atomic E-state index is 0.501. The lowest BCUT2D eigenvalue weighted by atomic mass is 10.1. The summed E-state index contributed by atoms with van der Waals surface area (Å²) < 4.78 is 17.5. The highest BCUT2D eigenvalue weighted by atomic mass is 32.1. The van der Waals surface area contributed by atoms with Gasteiger partial charge in [0.15, 0.2) is 11.6 Å². The molecule has 0 amide bonds. The van der Waals surface area contributed by atoms with Crippen LogP contribution in [0, 0.1) is 0 Å². The first-order valence-corrected chi connectivity index (χ1v) is 21.1. The number of nitrogens with zero attached hydrogens (tertiary/aromatic N) is 4. The fourth-order valence-electron chi connectivity index (χ4n) is 8.65. The van der Waals surface area contributed by atoms with Gasteiger partial charge in [0.1, 0.15) is 22.3 Å². The summed E-state index contributed by atoms with van der Waals surface area (Å²) in [5.41, 5.74) is 6.94. The van der Waals surface area contributed by atoms with Crippen molar-refractivity contribution in [2.45, 2.75) is 0 Å². The van der Waals surface area contributed by atoms with Crippen molar-refractivity contribution in [3.05, 3.63) is 170 Å². The van der Waals surface area contributed by atoms with Gasteiger partial charge in [-0.2, -0.15) is 9.97 Å². The first-order chi connectivity index (χ1) is 29.2. The second kappa shape index (κ2) is 12.6. The second-order valence-corrected chi connectivity index (χ2v) is 16.9. The van der Waals surface area contributed by atoms with Gasteiger partial charge in [0.05, 0.1) is 21.5 Å². The number of para-hydroxylation sites is 2. The lowest BCUT2D eigenvalue weighted by Crippen LogP contribution is -2.15. The third-order valence-electron chi connectivity index (χ3n) is 11.3. The maximum absolute atomic E-state index is 6.49. The SMILES string of the molecule is c1ccc2c(c1)oc1ccc(-c3nc(-c4ccc5c(c4)sc4ccccc45)nc(N(c4cccc5c4sc4ccccc45)c4cccc5oc6ccccc6c45)n3)cc12. The van der Waals surface area contributed by atoms with Crippen molar-refractivity contribution < 1.29 is 8.83 Å². The molecule has 13 aromatic rings. The third-order valence-corrected chi connectivity index (χ3v) is 13.7. The molecule has 0 spiro atoms. The summed E-state index contributed by atoms with van der Waals surface area (Å²) in [6, 6.07) is 59.0. The predicted octanol–water partition coefficient (Wildman–Crippen LogP) is 15.2. The van der Waals surface area contributed by atoms with E-state index in [-0.39, 0.29) is 0 Å². The molecule has 276 valence electrons. The van der Waals surface area contributed by atoms with Crippen LogP contribution in [0.4, 0.5) is 17.3 Å². The van der Waals surface area contributed by atoms with Crippen molar-refractivity contribution in [1.82, 2.24) is 15.0 Å². The average molecular weight is 793 g/mol. The smallest absolute Gasteiger partial charge is 0.238 e. The average Bonchev–Trinajstić information content (AvgIpc) is 4.06. The normalized spacial score (nSPS) is 12.1. The molecular weight excluding hydrogens is 765 g/mol. The molecule has 8 aromatic carbocycles. The molecule has 0 bridgehead atoms. The number of furan rings is 2. The van der Waals surface area contributed by atoms with Crippen LogP contribution in [-0.4, -0.2) is 15.0 Å². The van der Waals surface area contributed by atoms with E-state index in [2.05, 4.69) is 126 Å². The Morgan fingerprint density at radius 2 is 0.932 bits per heavy atom. The monoisotopic (exact) mass is 792 g/mol. The van der Waals surface area contributed by atoms with E-state index in [1.165, 1.54) is 35.6 Å². The topological polar surface area (TPSA) is 68.2 Å².